The number of ether oxygens (including phenoxy) is 1. The van der Waals surface area contributed by atoms with Gasteiger partial charge in [-0.1, -0.05) is 18.2 Å². The summed E-state index contributed by atoms with van der Waals surface area (Å²) >= 11 is 0. The van der Waals surface area contributed by atoms with Crippen LogP contribution < -0.4 is 5.32 Å². The molecular formula is C14H19NO2. The van der Waals surface area contributed by atoms with Crippen LogP contribution in [0.25, 0.3) is 0 Å². The second kappa shape index (κ2) is 6.28. The third-order valence-electron chi connectivity index (χ3n) is 3.01. The van der Waals surface area contributed by atoms with Crippen LogP contribution in [0.4, 0.5) is 5.69 Å². The smallest absolute Gasteiger partial charge is 0.306 e. The average Bonchev–Trinajstić information content (AvgIpc) is 2.31. The van der Waals surface area contributed by atoms with Crippen molar-refractivity contribution < 1.29 is 9.53 Å². The molecule has 0 heterocycles. The molecule has 17 heavy (non-hydrogen) atoms. The van der Waals surface area contributed by atoms with Gasteiger partial charge in [0.2, 0.25) is 0 Å². The van der Waals surface area contributed by atoms with E-state index in [0.29, 0.717) is 6.42 Å². The zero-order valence-electron chi connectivity index (χ0n) is 10.0. The van der Waals surface area contributed by atoms with Crippen molar-refractivity contribution in [3.8, 4) is 0 Å². The number of para-hydroxylation sites is 1. The van der Waals surface area contributed by atoms with Crippen molar-refractivity contribution in [3.05, 3.63) is 30.3 Å². The van der Waals surface area contributed by atoms with E-state index in [2.05, 4.69) is 5.32 Å². The Labute approximate surface area is 102 Å². The van der Waals surface area contributed by atoms with Gasteiger partial charge in [-0.3, -0.25) is 4.79 Å². The first-order valence-corrected chi connectivity index (χ1v) is 6.33. The monoisotopic (exact) mass is 233 g/mol. The molecule has 0 saturated heterocycles. The van der Waals surface area contributed by atoms with E-state index in [4.69, 9.17) is 4.74 Å². The molecule has 0 atom stereocenters. The van der Waals surface area contributed by atoms with Crippen LogP contribution in [-0.4, -0.2) is 18.6 Å². The molecule has 1 aromatic rings. The Morgan fingerprint density at radius 1 is 1.29 bits per heavy atom. The van der Waals surface area contributed by atoms with Crippen LogP contribution >= 0.6 is 0 Å². The number of carbonyl (C=O) groups is 1. The highest BCUT2D eigenvalue weighted by molar-refractivity contribution is 5.69. The zero-order valence-corrected chi connectivity index (χ0v) is 10.0. The molecule has 0 aliphatic heterocycles. The van der Waals surface area contributed by atoms with E-state index >= 15 is 0 Å². The molecule has 0 bridgehead atoms. The highest BCUT2D eigenvalue weighted by Gasteiger charge is 2.21. The molecule has 1 aliphatic rings. The standard InChI is InChI=1S/C14H19NO2/c16-14(17-13-8-4-9-13)10-5-11-15-12-6-2-1-3-7-12/h1-3,6-7,13,15H,4-5,8-11H2. The number of hydrogen-bond donors (Lipinski definition) is 1. The summed E-state index contributed by atoms with van der Waals surface area (Å²) in [7, 11) is 0. The fourth-order valence-corrected chi connectivity index (χ4v) is 1.75. The van der Waals surface area contributed by atoms with Crippen LogP contribution in [0.1, 0.15) is 32.1 Å². The number of hydrogen-bond acceptors (Lipinski definition) is 3. The summed E-state index contributed by atoms with van der Waals surface area (Å²) in [6.07, 6.45) is 4.84. The van der Waals surface area contributed by atoms with Crippen molar-refractivity contribution in [1.82, 2.24) is 0 Å². The van der Waals surface area contributed by atoms with Crippen molar-refractivity contribution in [2.24, 2.45) is 0 Å². The van der Waals surface area contributed by atoms with Gasteiger partial charge in [-0.15, -0.1) is 0 Å². The van der Waals surface area contributed by atoms with Gasteiger partial charge >= 0.3 is 5.97 Å². The summed E-state index contributed by atoms with van der Waals surface area (Å²) < 4.78 is 5.27. The normalized spacial score (nSPS) is 15.1. The van der Waals surface area contributed by atoms with Crippen molar-refractivity contribution in [1.29, 1.82) is 0 Å². The molecule has 0 aromatic heterocycles. The SMILES string of the molecule is O=C(CCCNc1ccccc1)OC1CCC1. The number of rotatable bonds is 6. The predicted octanol–water partition coefficient (Wildman–Crippen LogP) is 2.97. The number of benzene rings is 1. The minimum absolute atomic E-state index is 0.0513. The Hall–Kier alpha value is -1.51. The molecule has 1 N–H and O–H groups in total. The van der Waals surface area contributed by atoms with E-state index in [1.54, 1.807) is 0 Å². The summed E-state index contributed by atoms with van der Waals surface area (Å²) in [4.78, 5) is 11.4. The van der Waals surface area contributed by atoms with Gasteiger partial charge in [0.15, 0.2) is 0 Å². The first kappa shape index (κ1) is 12.0. The molecule has 0 unspecified atom stereocenters. The molecule has 0 spiro atoms. The van der Waals surface area contributed by atoms with Gasteiger partial charge in [0.1, 0.15) is 6.10 Å². The van der Waals surface area contributed by atoms with Crippen molar-refractivity contribution in [2.75, 3.05) is 11.9 Å². The molecule has 2 rings (SSSR count). The molecule has 1 aliphatic carbocycles. The van der Waals surface area contributed by atoms with E-state index in [0.717, 1.165) is 31.5 Å². The van der Waals surface area contributed by atoms with Crippen molar-refractivity contribution in [2.45, 2.75) is 38.2 Å². The lowest BCUT2D eigenvalue weighted by Gasteiger charge is -2.25. The lowest BCUT2D eigenvalue weighted by atomic mass is 9.96. The zero-order chi connectivity index (χ0) is 11.9. The van der Waals surface area contributed by atoms with E-state index < -0.39 is 0 Å². The molecule has 1 aromatic carbocycles. The topological polar surface area (TPSA) is 38.3 Å². The maximum atomic E-state index is 11.4. The quantitative estimate of drug-likeness (QED) is 0.606. The highest BCUT2D eigenvalue weighted by Crippen LogP contribution is 2.22. The number of esters is 1. The summed E-state index contributed by atoms with van der Waals surface area (Å²) in [5.74, 6) is -0.0513. The van der Waals surface area contributed by atoms with E-state index in [9.17, 15) is 4.79 Å². The fraction of sp³-hybridized carbons (Fsp3) is 0.500. The molecule has 1 saturated carbocycles. The van der Waals surface area contributed by atoms with Crippen LogP contribution in [0.15, 0.2) is 30.3 Å². The lowest BCUT2D eigenvalue weighted by Crippen LogP contribution is -2.25. The average molecular weight is 233 g/mol. The van der Waals surface area contributed by atoms with E-state index in [1.165, 1.54) is 6.42 Å². The third-order valence-corrected chi connectivity index (χ3v) is 3.01. The van der Waals surface area contributed by atoms with Crippen LogP contribution in [-0.2, 0) is 9.53 Å². The molecule has 3 nitrogen and oxygen atoms in total. The van der Waals surface area contributed by atoms with Crippen LogP contribution in [0.5, 0.6) is 0 Å². The molecule has 0 radical (unpaired) electrons. The summed E-state index contributed by atoms with van der Waals surface area (Å²) in [5.41, 5.74) is 1.10. The largest absolute Gasteiger partial charge is 0.462 e. The Bertz CT molecular complexity index is 346. The van der Waals surface area contributed by atoms with Gasteiger partial charge in [0.05, 0.1) is 0 Å². The summed E-state index contributed by atoms with van der Waals surface area (Å²) in [6, 6.07) is 10.0. The number of anilines is 1. The van der Waals surface area contributed by atoms with Gasteiger partial charge in [-0.05, 0) is 37.8 Å². The van der Waals surface area contributed by atoms with Crippen molar-refractivity contribution >= 4 is 11.7 Å². The second-order valence-corrected chi connectivity index (χ2v) is 4.44. The third kappa shape index (κ3) is 4.10. The van der Waals surface area contributed by atoms with Crippen LogP contribution in [0.2, 0.25) is 0 Å². The lowest BCUT2D eigenvalue weighted by molar-refractivity contribution is -0.152. The fourth-order valence-electron chi connectivity index (χ4n) is 1.75. The van der Waals surface area contributed by atoms with E-state index in [-0.39, 0.29) is 12.1 Å². The summed E-state index contributed by atoms with van der Waals surface area (Å²) in [6.45, 7) is 0.809. The first-order valence-electron chi connectivity index (χ1n) is 6.33. The maximum Gasteiger partial charge on any atom is 0.306 e. The van der Waals surface area contributed by atoms with Crippen LogP contribution in [0, 0.1) is 0 Å². The second-order valence-electron chi connectivity index (χ2n) is 4.44. The van der Waals surface area contributed by atoms with E-state index in [1.807, 2.05) is 30.3 Å². The highest BCUT2D eigenvalue weighted by atomic mass is 16.5. The molecule has 92 valence electrons. The van der Waals surface area contributed by atoms with Gasteiger partial charge in [-0.25, -0.2) is 0 Å². The van der Waals surface area contributed by atoms with Gasteiger partial charge in [0, 0.05) is 18.7 Å². The predicted molar refractivity (Wildman–Crippen MR) is 67.9 cm³/mol. The summed E-state index contributed by atoms with van der Waals surface area (Å²) in [5, 5.41) is 3.27. The number of nitrogens with one attached hydrogen (secondary N) is 1. The maximum absolute atomic E-state index is 11.4. The molecule has 1 fully saturated rings. The Kier molecular flexibility index (Phi) is 4.42. The molecule has 3 heteroatoms. The minimum Gasteiger partial charge on any atom is -0.462 e. The Morgan fingerprint density at radius 2 is 2.06 bits per heavy atom. The van der Waals surface area contributed by atoms with Crippen LogP contribution in [0.3, 0.4) is 0 Å². The molecular weight excluding hydrogens is 214 g/mol. The molecule has 0 amide bonds. The Morgan fingerprint density at radius 3 is 2.71 bits per heavy atom. The van der Waals surface area contributed by atoms with Gasteiger partial charge in [-0.2, -0.15) is 0 Å². The van der Waals surface area contributed by atoms with Crippen molar-refractivity contribution in [3.63, 3.8) is 0 Å². The minimum atomic E-state index is -0.0513. The van der Waals surface area contributed by atoms with Gasteiger partial charge < -0.3 is 10.1 Å². The number of carbonyl (C=O) groups excluding carboxylic acids is 1. The van der Waals surface area contributed by atoms with Gasteiger partial charge in [0.25, 0.3) is 0 Å². The Balaban J connectivity index is 1.55. The first-order chi connectivity index (χ1) is 8.34.